The van der Waals surface area contributed by atoms with Gasteiger partial charge in [0, 0.05) is 5.92 Å². The van der Waals surface area contributed by atoms with Crippen molar-refractivity contribution in [3.63, 3.8) is 0 Å². The smallest absolute Gasteiger partial charge is 0.158 e. The summed E-state index contributed by atoms with van der Waals surface area (Å²) >= 11 is 0. The lowest BCUT2D eigenvalue weighted by atomic mass is 10.1. The topological polar surface area (TPSA) is 17.1 Å². The fraction of sp³-hybridized carbons (Fsp3) is 0.667. The molecular weight excluding hydrogens is 124 g/mol. The third kappa shape index (κ3) is 1.00. The van der Waals surface area contributed by atoms with Crippen LogP contribution in [0.3, 0.4) is 0 Å². The van der Waals surface area contributed by atoms with Crippen LogP contribution in [0, 0.1) is 11.8 Å². The van der Waals surface area contributed by atoms with Gasteiger partial charge in [-0.3, -0.25) is 4.79 Å². The summed E-state index contributed by atoms with van der Waals surface area (Å²) in [4.78, 5) is 11.1. The van der Waals surface area contributed by atoms with E-state index in [9.17, 15) is 4.79 Å². The number of fused-ring (bicyclic) bond motifs is 1. The molecule has 1 saturated carbocycles. The molecule has 0 amide bonds. The first-order valence-electron chi connectivity index (χ1n) is 4.08. The Morgan fingerprint density at radius 3 is 3.30 bits per heavy atom. The van der Waals surface area contributed by atoms with Crippen molar-refractivity contribution in [3.05, 3.63) is 12.2 Å². The van der Waals surface area contributed by atoms with Crippen molar-refractivity contribution in [1.82, 2.24) is 0 Å². The lowest BCUT2D eigenvalue weighted by molar-refractivity contribution is -0.116. The van der Waals surface area contributed by atoms with E-state index in [1.165, 1.54) is 19.3 Å². The van der Waals surface area contributed by atoms with E-state index in [1.54, 1.807) is 6.08 Å². The quantitative estimate of drug-likeness (QED) is 0.497. The fourth-order valence-corrected chi connectivity index (χ4v) is 1.74. The van der Waals surface area contributed by atoms with E-state index in [1.807, 2.05) is 6.08 Å². The zero-order chi connectivity index (χ0) is 6.97. The van der Waals surface area contributed by atoms with E-state index in [4.69, 9.17) is 0 Å². The maximum absolute atomic E-state index is 11.1. The molecule has 0 aliphatic heterocycles. The number of hydrogen-bond donors (Lipinski definition) is 0. The molecule has 10 heavy (non-hydrogen) atoms. The van der Waals surface area contributed by atoms with Gasteiger partial charge in [0.05, 0.1) is 0 Å². The summed E-state index contributed by atoms with van der Waals surface area (Å²) in [5.41, 5.74) is 0. The normalized spacial score (nSPS) is 41.4. The molecule has 1 fully saturated rings. The summed E-state index contributed by atoms with van der Waals surface area (Å²) < 4.78 is 0. The largest absolute Gasteiger partial charge is 0.295 e. The van der Waals surface area contributed by atoms with Crippen molar-refractivity contribution >= 4 is 5.78 Å². The van der Waals surface area contributed by atoms with E-state index in [0.29, 0.717) is 11.7 Å². The van der Waals surface area contributed by atoms with Crippen molar-refractivity contribution < 1.29 is 4.79 Å². The third-order valence-corrected chi connectivity index (χ3v) is 2.52. The van der Waals surface area contributed by atoms with Gasteiger partial charge in [-0.2, -0.15) is 0 Å². The third-order valence-electron chi connectivity index (χ3n) is 2.52. The number of carbonyl (C=O) groups is 1. The van der Waals surface area contributed by atoms with Crippen LogP contribution in [0.2, 0.25) is 0 Å². The SMILES string of the molecule is O=C1/C=C\CCCC2CC12. The Balaban J connectivity index is 2.08. The molecule has 1 nitrogen and oxygen atoms in total. The van der Waals surface area contributed by atoms with Crippen LogP contribution in [-0.4, -0.2) is 5.78 Å². The number of rotatable bonds is 0. The Morgan fingerprint density at radius 2 is 2.40 bits per heavy atom. The number of allylic oxidation sites excluding steroid dienone is 2. The number of hydrogen-bond acceptors (Lipinski definition) is 1. The van der Waals surface area contributed by atoms with Crippen LogP contribution in [0.4, 0.5) is 0 Å². The van der Waals surface area contributed by atoms with Crippen LogP contribution < -0.4 is 0 Å². The molecule has 2 rings (SSSR count). The van der Waals surface area contributed by atoms with E-state index in [2.05, 4.69) is 0 Å². The molecule has 0 heterocycles. The van der Waals surface area contributed by atoms with Gasteiger partial charge in [0.25, 0.3) is 0 Å². The maximum atomic E-state index is 11.1. The first kappa shape index (κ1) is 6.14. The van der Waals surface area contributed by atoms with Crippen LogP contribution in [0.15, 0.2) is 12.2 Å². The Hall–Kier alpha value is -0.590. The molecule has 0 aromatic heterocycles. The van der Waals surface area contributed by atoms with Gasteiger partial charge in [0.15, 0.2) is 5.78 Å². The highest BCUT2D eigenvalue weighted by Gasteiger charge is 2.40. The van der Waals surface area contributed by atoms with Crippen molar-refractivity contribution in [2.45, 2.75) is 25.7 Å². The molecule has 0 spiro atoms. The highest BCUT2D eigenvalue weighted by atomic mass is 16.1. The molecule has 2 atom stereocenters. The van der Waals surface area contributed by atoms with Gasteiger partial charge in [-0.25, -0.2) is 0 Å². The minimum absolute atomic E-state index is 0.379. The molecule has 2 unspecified atom stereocenters. The van der Waals surface area contributed by atoms with Crippen LogP contribution in [-0.2, 0) is 4.79 Å². The molecule has 1 heteroatoms. The van der Waals surface area contributed by atoms with E-state index < -0.39 is 0 Å². The highest BCUT2D eigenvalue weighted by Crippen LogP contribution is 2.43. The molecule has 0 saturated heterocycles. The first-order chi connectivity index (χ1) is 4.88. The summed E-state index contributed by atoms with van der Waals surface area (Å²) in [6.07, 6.45) is 8.64. The molecule has 54 valence electrons. The van der Waals surface area contributed by atoms with Gasteiger partial charge < -0.3 is 0 Å². The molecule has 0 N–H and O–H groups in total. The second-order valence-corrected chi connectivity index (χ2v) is 3.34. The van der Waals surface area contributed by atoms with Crippen LogP contribution in [0.25, 0.3) is 0 Å². The molecule has 0 bridgehead atoms. The number of carbonyl (C=O) groups excluding carboxylic acids is 1. The summed E-state index contributed by atoms with van der Waals surface area (Å²) in [7, 11) is 0. The molecule has 0 aromatic rings. The predicted octanol–water partition coefficient (Wildman–Crippen LogP) is 1.93. The summed E-state index contributed by atoms with van der Waals surface area (Å²) in [6.45, 7) is 0. The van der Waals surface area contributed by atoms with Gasteiger partial charge in [-0.1, -0.05) is 6.08 Å². The van der Waals surface area contributed by atoms with Gasteiger partial charge >= 0.3 is 0 Å². The van der Waals surface area contributed by atoms with Crippen molar-refractivity contribution in [1.29, 1.82) is 0 Å². The summed E-state index contributed by atoms with van der Waals surface area (Å²) in [5.74, 6) is 1.57. The predicted molar refractivity (Wildman–Crippen MR) is 39.6 cm³/mol. The summed E-state index contributed by atoms with van der Waals surface area (Å²) in [6, 6.07) is 0. The standard InChI is InChI=1S/C9H12O/c10-9-5-3-1-2-4-7-6-8(7)9/h3,5,7-8H,1-2,4,6H2/b5-3-. The first-order valence-corrected chi connectivity index (χ1v) is 4.08. The van der Waals surface area contributed by atoms with Crippen LogP contribution in [0.5, 0.6) is 0 Å². The lowest BCUT2D eigenvalue weighted by Gasteiger charge is -1.99. The zero-order valence-corrected chi connectivity index (χ0v) is 6.05. The highest BCUT2D eigenvalue weighted by molar-refractivity contribution is 5.93. The second kappa shape index (κ2) is 2.22. The van der Waals surface area contributed by atoms with E-state index in [-0.39, 0.29) is 0 Å². The minimum atomic E-state index is 0.379. The molecule has 0 aromatic carbocycles. The minimum Gasteiger partial charge on any atom is -0.295 e. The molecule has 2 aliphatic rings. The molecule has 0 radical (unpaired) electrons. The average Bonchev–Trinajstić information content (AvgIpc) is 2.62. The van der Waals surface area contributed by atoms with Gasteiger partial charge in [0.1, 0.15) is 0 Å². The Bertz CT molecular complexity index is 181. The summed E-state index contributed by atoms with van der Waals surface area (Å²) in [5, 5.41) is 0. The van der Waals surface area contributed by atoms with Crippen LogP contribution >= 0.6 is 0 Å². The van der Waals surface area contributed by atoms with Crippen molar-refractivity contribution in [3.8, 4) is 0 Å². The van der Waals surface area contributed by atoms with E-state index in [0.717, 1.165) is 12.3 Å². The maximum Gasteiger partial charge on any atom is 0.158 e. The zero-order valence-electron chi connectivity index (χ0n) is 6.05. The Kier molecular flexibility index (Phi) is 1.37. The monoisotopic (exact) mass is 136 g/mol. The van der Waals surface area contributed by atoms with Crippen molar-refractivity contribution in [2.75, 3.05) is 0 Å². The molecule has 2 aliphatic carbocycles. The fourth-order valence-electron chi connectivity index (χ4n) is 1.74. The van der Waals surface area contributed by atoms with Crippen LogP contribution in [0.1, 0.15) is 25.7 Å². The Morgan fingerprint density at radius 1 is 1.50 bits per heavy atom. The lowest BCUT2D eigenvalue weighted by Crippen LogP contribution is -1.99. The van der Waals surface area contributed by atoms with E-state index >= 15 is 0 Å². The Labute approximate surface area is 61.1 Å². The van der Waals surface area contributed by atoms with Gasteiger partial charge in [0.2, 0.25) is 0 Å². The second-order valence-electron chi connectivity index (χ2n) is 3.34. The molecular formula is C9H12O. The average molecular weight is 136 g/mol. The number of ketones is 1. The van der Waals surface area contributed by atoms with Gasteiger partial charge in [-0.05, 0) is 37.7 Å². The van der Waals surface area contributed by atoms with Gasteiger partial charge in [-0.15, -0.1) is 0 Å². The van der Waals surface area contributed by atoms with Crippen molar-refractivity contribution in [2.24, 2.45) is 11.8 Å².